The van der Waals surface area contributed by atoms with Crippen LogP contribution in [-0.2, 0) is 12.8 Å². The molecule has 5 heteroatoms. The number of fused-ring (bicyclic) bond motifs is 1. The first-order valence-electron chi connectivity index (χ1n) is 9.25. The molecule has 0 radical (unpaired) electrons. The molecule has 0 atom stereocenters. The second kappa shape index (κ2) is 6.98. The molecule has 1 N–H and O–H groups in total. The minimum absolute atomic E-state index is 0.117. The summed E-state index contributed by atoms with van der Waals surface area (Å²) in [5.41, 5.74) is 2.48. The van der Waals surface area contributed by atoms with Gasteiger partial charge in [0.2, 0.25) is 0 Å². The van der Waals surface area contributed by atoms with Crippen LogP contribution in [0.2, 0.25) is 0 Å². The lowest BCUT2D eigenvalue weighted by atomic mass is 9.90. The molecule has 4 nitrogen and oxygen atoms in total. The van der Waals surface area contributed by atoms with Crippen molar-refractivity contribution < 1.29 is 0 Å². The van der Waals surface area contributed by atoms with Gasteiger partial charge in [0, 0.05) is 18.2 Å². The summed E-state index contributed by atoms with van der Waals surface area (Å²) in [7, 11) is 0. The lowest BCUT2D eigenvalue weighted by molar-refractivity contribution is 0.251. The first-order valence-corrected chi connectivity index (χ1v) is 10.4. The highest BCUT2D eigenvalue weighted by atomic mass is 32.2. The highest BCUT2D eigenvalue weighted by Gasteiger charge is 2.27. The van der Waals surface area contributed by atoms with E-state index in [4.69, 9.17) is 5.10 Å². The second-order valence-corrected chi connectivity index (χ2v) is 8.54. The molecule has 0 amide bonds. The Morgan fingerprint density at radius 2 is 1.78 bits per heavy atom. The van der Waals surface area contributed by atoms with Gasteiger partial charge in [0.15, 0.2) is 0 Å². The second-order valence-electron chi connectivity index (χ2n) is 7.31. The number of thioether (sulfide) groups is 1. The first-order chi connectivity index (χ1) is 11.3. The number of hydrogen-bond donors (Lipinski definition) is 1. The van der Waals surface area contributed by atoms with Gasteiger partial charge in [-0.15, -0.1) is 0 Å². The van der Waals surface area contributed by atoms with E-state index in [0.29, 0.717) is 12.1 Å². The number of rotatable bonds is 3. The Bertz CT molecular complexity index is 601. The topological polar surface area (TPSA) is 46.9 Å². The largest absolute Gasteiger partial charge is 0.311 e. The van der Waals surface area contributed by atoms with Gasteiger partial charge in [0.1, 0.15) is 0 Å². The van der Waals surface area contributed by atoms with E-state index >= 15 is 0 Å². The zero-order chi connectivity index (χ0) is 15.6. The van der Waals surface area contributed by atoms with Crippen molar-refractivity contribution in [1.29, 1.82) is 0 Å². The SMILES string of the molecule is O=c1cc2c(nn1C1CCC(NC3CCSCC3)CC1)CCC2. The molecule has 23 heavy (non-hydrogen) atoms. The van der Waals surface area contributed by atoms with E-state index in [1.807, 2.05) is 6.07 Å². The molecule has 3 aliphatic rings. The van der Waals surface area contributed by atoms with Crippen molar-refractivity contribution >= 4 is 11.8 Å². The molecule has 4 rings (SSSR count). The number of nitrogens with zero attached hydrogens (tertiary/aromatic N) is 2. The van der Waals surface area contributed by atoms with E-state index in [-0.39, 0.29) is 5.56 Å². The van der Waals surface area contributed by atoms with Crippen LogP contribution in [-0.4, -0.2) is 33.4 Å². The molecule has 2 heterocycles. The normalized spacial score (nSPS) is 28.7. The maximum atomic E-state index is 12.4. The van der Waals surface area contributed by atoms with Crippen LogP contribution in [0, 0.1) is 0 Å². The zero-order valence-electron chi connectivity index (χ0n) is 13.8. The van der Waals surface area contributed by atoms with E-state index < -0.39 is 0 Å². The third-order valence-corrected chi connectivity index (χ3v) is 6.77. The minimum atomic E-state index is 0.117. The highest BCUT2D eigenvalue weighted by Crippen LogP contribution is 2.29. The Morgan fingerprint density at radius 3 is 2.57 bits per heavy atom. The minimum Gasteiger partial charge on any atom is -0.311 e. The molecule has 0 aromatic carbocycles. The quantitative estimate of drug-likeness (QED) is 0.924. The van der Waals surface area contributed by atoms with Gasteiger partial charge in [-0.2, -0.15) is 16.9 Å². The van der Waals surface area contributed by atoms with Crippen molar-refractivity contribution in [3.05, 3.63) is 27.7 Å². The Labute approximate surface area is 142 Å². The molecule has 1 aliphatic heterocycles. The van der Waals surface area contributed by atoms with Gasteiger partial charge in [0.05, 0.1) is 11.7 Å². The number of hydrogen-bond acceptors (Lipinski definition) is 4. The molecule has 126 valence electrons. The fourth-order valence-electron chi connectivity index (χ4n) is 4.36. The summed E-state index contributed by atoms with van der Waals surface area (Å²) in [6.07, 6.45) is 10.4. The van der Waals surface area contributed by atoms with Crippen molar-refractivity contribution in [3.8, 4) is 0 Å². The Kier molecular flexibility index (Phi) is 4.76. The molecular weight excluding hydrogens is 306 g/mol. The van der Waals surface area contributed by atoms with Gasteiger partial charge in [-0.25, -0.2) is 4.68 Å². The molecule has 0 bridgehead atoms. The van der Waals surface area contributed by atoms with Crippen LogP contribution in [0.1, 0.15) is 62.2 Å². The van der Waals surface area contributed by atoms with Crippen molar-refractivity contribution in [2.75, 3.05) is 11.5 Å². The van der Waals surface area contributed by atoms with Crippen molar-refractivity contribution in [1.82, 2.24) is 15.1 Å². The molecule has 1 saturated heterocycles. The van der Waals surface area contributed by atoms with Crippen LogP contribution in [0.4, 0.5) is 0 Å². The van der Waals surface area contributed by atoms with E-state index in [9.17, 15) is 4.79 Å². The van der Waals surface area contributed by atoms with Crippen LogP contribution in [0.5, 0.6) is 0 Å². The summed E-state index contributed by atoms with van der Waals surface area (Å²) in [5, 5.41) is 8.56. The molecule has 2 aliphatic carbocycles. The van der Waals surface area contributed by atoms with Crippen molar-refractivity contribution in [2.45, 2.75) is 75.9 Å². The van der Waals surface area contributed by atoms with Gasteiger partial charge in [-0.1, -0.05) is 0 Å². The van der Waals surface area contributed by atoms with Crippen LogP contribution < -0.4 is 10.9 Å². The Morgan fingerprint density at radius 1 is 1.04 bits per heavy atom. The Hall–Kier alpha value is -0.810. The summed E-state index contributed by atoms with van der Waals surface area (Å²) in [6, 6.07) is 3.52. The zero-order valence-corrected chi connectivity index (χ0v) is 14.6. The van der Waals surface area contributed by atoms with Gasteiger partial charge < -0.3 is 5.32 Å². The molecular formula is C18H27N3OS. The lowest BCUT2D eigenvalue weighted by Gasteiger charge is -2.33. The molecule has 0 unspecified atom stereocenters. The number of nitrogens with one attached hydrogen (secondary N) is 1. The third kappa shape index (κ3) is 3.50. The van der Waals surface area contributed by atoms with Gasteiger partial charge >= 0.3 is 0 Å². The summed E-state index contributed by atoms with van der Waals surface area (Å²) in [5.74, 6) is 2.61. The molecule has 1 aromatic rings. The summed E-state index contributed by atoms with van der Waals surface area (Å²) < 4.78 is 1.80. The maximum absolute atomic E-state index is 12.4. The van der Waals surface area contributed by atoms with Crippen molar-refractivity contribution in [2.24, 2.45) is 0 Å². The average Bonchev–Trinajstić information content (AvgIpc) is 3.03. The van der Waals surface area contributed by atoms with E-state index in [0.717, 1.165) is 38.1 Å². The van der Waals surface area contributed by atoms with Crippen LogP contribution in [0.25, 0.3) is 0 Å². The van der Waals surface area contributed by atoms with E-state index in [1.165, 1.54) is 48.4 Å². The standard InChI is InChI=1S/C18H27N3OS/c22-18-12-13-2-1-3-17(13)20-21(18)16-6-4-14(5-7-16)19-15-8-10-23-11-9-15/h12,14-16,19H,1-11H2. The van der Waals surface area contributed by atoms with E-state index in [2.05, 4.69) is 17.1 Å². The maximum Gasteiger partial charge on any atom is 0.267 e. The molecule has 0 spiro atoms. The number of aromatic nitrogens is 2. The van der Waals surface area contributed by atoms with Gasteiger partial charge in [-0.3, -0.25) is 4.79 Å². The van der Waals surface area contributed by atoms with Crippen LogP contribution in [0.3, 0.4) is 0 Å². The van der Waals surface area contributed by atoms with Crippen LogP contribution in [0.15, 0.2) is 10.9 Å². The van der Waals surface area contributed by atoms with Gasteiger partial charge in [-0.05, 0) is 74.9 Å². The van der Waals surface area contributed by atoms with Gasteiger partial charge in [0.25, 0.3) is 5.56 Å². The monoisotopic (exact) mass is 333 g/mol. The predicted molar refractivity (Wildman–Crippen MR) is 95.3 cm³/mol. The molecule has 2 fully saturated rings. The summed E-state index contributed by atoms with van der Waals surface area (Å²) >= 11 is 2.08. The highest BCUT2D eigenvalue weighted by molar-refractivity contribution is 7.99. The third-order valence-electron chi connectivity index (χ3n) is 5.72. The van der Waals surface area contributed by atoms with Crippen molar-refractivity contribution in [3.63, 3.8) is 0 Å². The number of aryl methyl sites for hydroxylation is 2. The fourth-order valence-corrected chi connectivity index (χ4v) is 5.47. The smallest absolute Gasteiger partial charge is 0.267 e. The predicted octanol–water partition coefficient (Wildman–Crippen LogP) is 2.70. The summed E-state index contributed by atoms with van der Waals surface area (Å²) in [4.78, 5) is 12.4. The molecule has 1 aromatic heterocycles. The lowest BCUT2D eigenvalue weighted by Crippen LogP contribution is -2.43. The van der Waals surface area contributed by atoms with E-state index in [1.54, 1.807) is 4.68 Å². The molecule has 1 saturated carbocycles. The fraction of sp³-hybridized carbons (Fsp3) is 0.778. The van der Waals surface area contributed by atoms with Crippen LogP contribution >= 0.6 is 11.8 Å². The first kappa shape index (κ1) is 15.7. The average molecular weight is 334 g/mol. The summed E-state index contributed by atoms with van der Waals surface area (Å²) in [6.45, 7) is 0. The Balaban J connectivity index is 1.37.